The minimum atomic E-state index is -0.319. The van der Waals surface area contributed by atoms with Crippen LogP contribution in [-0.4, -0.2) is 23.7 Å². The summed E-state index contributed by atoms with van der Waals surface area (Å²) in [6.45, 7) is 5.99. The standard InChI is InChI=1S/C14H17FO2S/c1-8-6-14(11(9(2)16)7-12(8)15)18-13-4-5-17-10(13)3/h6-7,10,13H,4-5H2,1-3H3. The molecule has 1 fully saturated rings. The SMILES string of the molecule is CC(=O)c1cc(F)c(C)cc1SC1CCOC1C. The molecule has 0 radical (unpaired) electrons. The first-order valence-corrected chi connectivity index (χ1v) is 6.96. The van der Waals surface area contributed by atoms with Gasteiger partial charge in [-0.25, -0.2) is 4.39 Å². The van der Waals surface area contributed by atoms with Gasteiger partial charge in [0.2, 0.25) is 0 Å². The van der Waals surface area contributed by atoms with Crippen LogP contribution in [0, 0.1) is 12.7 Å². The van der Waals surface area contributed by atoms with Gasteiger partial charge in [0, 0.05) is 22.3 Å². The molecular weight excluding hydrogens is 251 g/mol. The van der Waals surface area contributed by atoms with Gasteiger partial charge in [-0.1, -0.05) is 0 Å². The summed E-state index contributed by atoms with van der Waals surface area (Å²) < 4.78 is 19.0. The Labute approximate surface area is 111 Å². The van der Waals surface area contributed by atoms with Crippen LogP contribution in [0.25, 0.3) is 0 Å². The number of carbonyl (C=O) groups is 1. The topological polar surface area (TPSA) is 26.3 Å². The fourth-order valence-electron chi connectivity index (χ4n) is 2.06. The number of hydrogen-bond acceptors (Lipinski definition) is 3. The highest BCUT2D eigenvalue weighted by molar-refractivity contribution is 8.00. The van der Waals surface area contributed by atoms with Crippen molar-refractivity contribution in [1.82, 2.24) is 0 Å². The van der Waals surface area contributed by atoms with E-state index in [0.29, 0.717) is 16.4 Å². The molecule has 1 aromatic carbocycles. The second kappa shape index (κ2) is 5.41. The largest absolute Gasteiger partial charge is 0.377 e. The number of Topliss-reactive ketones (excluding diaryl/α,β-unsaturated/α-hetero) is 1. The van der Waals surface area contributed by atoms with Gasteiger partial charge in [0.1, 0.15) is 5.82 Å². The first-order chi connectivity index (χ1) is 8.49. The number of ether oxygens (including phenoxy) is 1. The van der Waals surface area contributed by atoms with Gasteiger partial charge in [-0.3, -0.25) is 4.79 Å². The molecule has 0 aromatic heterocycles. The first-order valence-electron chi connectivity index (χ1n) is 6.08. The predicted octanol–water partition coefficient (Wildman–Crippen LogP) is 3.61. The second-order valence-electron chi connectivity index (χ2n) is 4.67. The summed E-state index contributed by atoms with van der Waals surface area (Å²) in [6, 6.07) is 3.11. The third kappa shape index (κ3) is 2.75. The van der Waals surface area contributed by atoms with E-state index in [4.69, 9.17) is 4.74 Å². The molecule has 2 rings (SSSR count). The molecule has 1 aromatic rings. The van der Waals surface area contributed by atoms with Crippen molar-refractivity contribution in [3.63, 3.8) is 0 Å². The Morgan fingerprint density at radius 1 is 1.50 bits per heavy atom. The van der Waals surface area contributed by atoms with E-state index in [-0.39, 0.29) is 17.7 Å². The van der Waals surface area contributed by atoms with Gasteiger partial charge in [-0.2, -0.15) is 0 Å². The van der Waals surface area contributed by atoms with Crippen LogP contribution in [0.2, 0.25) is 0 Å². The third-order valence-electron chi connectivity index (χ3n) is 3.23. The van der Waals surface area contributed by atoms with Crippen molar-refractivity contribution >= 4 is 17.5 Å². The number of rotatable bonds is 3. The number of ketones is 1. The number of benzene rings is 1. The molecule has 1 saturated heterocycles. The van der Waals surface area contributed by atoms with Crippen LogP contribution in [0.1, 0.15) is 36.2 Å². The maximum atomic E-state index is 13.5. The molecule has 0 aliphatic carbocycles. The lowest BCUT2D eigenvalue weighted by molar-refractivity contribution is 0.101. The van der Waals surface area contributed by atoms with Crippen LogP contribution in [-0.2, 0) is 4.74 Å². The fourth-order valence-corrected chi connectivity index (χ4v) is 3.44. The lowest BCUT2D eigenvalue weighted by atomic mass is 10.1. The Morgan fingerprint density at radius 3 is 2.78 bits per heavy atom. The van der Waals surface area contributed by atoms with Crippen LogP contribution in [0.5, 0.6) is 0 Å². The van der Waals surface area contributed by atoms with Crippen molar-refractivity contribution in [2.75, 3.05) is 6.61 Å². The highest BCUT2D eigenvalue weighted by Gasteiger charge is 2.26. The van der Waals surface area contributed by atoms with E-state index in [1.165, 1.54) is 13.0 Å². The minimum Gasteiger partial charge on any atom is -0.377 e. The maximum Gasteiger partial charge on any atom is 0.161 e. The van der Waals surface area contributed by atoms with Gasteiger partial charge in [0.15, 0.2) is 5.78 Å². The lowest BCUT2D eigenvalue weighted by Gasteiger charge is -2.16. The zero-order valence-electron chi connectivity index (χ0n) is 10.8. The average molecular weight is 268 g/mol. The summed E-state index contributed by atoms with van der Waals surface area (Å²) in [4.78, 5) is 12.4. The van der Waals surface area contributed by atoms with Crippen molar-refractivity contribution in [1.29, 1.82) is 0 Å². The van der Waals surface area contributed by atoms with Gasteiger partial charge in [0.25, 0.3) is 0 Å². The third-order valence-corrected chi connectivity index (χ3v) is 4.74. The summed E-state index contributed by atoms with van der Waals surface area (Å²) in [6.07, 6.45) is 1.15. The maximum absolute atomic E-state index is 13.5. The molecule has 2 unspecified atom stereocenters. The van der Waals surface area contributed by atoms with Crippen LogP contribution in [0.15, 0.2) is 17.0 Å². The van der Waals surface area contributed by atoms with Crippen molar-refractivity contribution < 1.29 is 13.9 Å². The number of carbonyl (C=O) groups excluding carboxylic acids is 1. The van der Waals surface area contributed by atoms with E-state index in [2.05, 4.69) is 0 Å². The average Bonchev–Trinajstić information content (AvgIpc) is 2.69. The Hall–Kier alpha value is -0.870. The van der Waals surface area contributed by atoms with E-state index < -0.39 is 0 Å². The van der Waals surface area contributed by atoms with Gasteiger partial charge in [0.05, 0.1) is 6.10 Å². The molecule has 1 aliphatic rings. The van der Waals surface area contributed by atoms with Crippen molar-refractivity contribution in [2.24, 2.45) is 0 Å². The Balaban J connectivity index is 2.30. The molecule has 2 nitrogen and oxygen atoms in total. The van der Waals surface area contributed by atoms with Crippen molar-refractivity contribution in [3.05, 3.63) is 29.1 Å². The molecule has 0 N–H and O–H groups in total. The molecule has 4 heteroatoms. The highest BCUT2D eigenvalue weighted by atomic mass is 32.2. The second-order valence-corrected chi connectivity index (χ2v) is 5.96. The van der Waals surface area contributed by atoms with Gasteiger partial charge >= 0.3 is 0 Å². The number of hydrogen-bond donors (Lipinski definition) is 0. The fraction of sp³-hybridized carbons (Fsp3) is 0.500. The molecule has 98 valence electrons. The van der Waals surface area contributed by atoms with Crippen LogP contribution in [0.4, 0.5) is 4.39 Å². The van der Waals surface area contributed by atoms with E-state index in [1.54, 1.807) is 24.8 Å². The number of thioether (sulfide) groups is 1. The number of halogens is 1. The monoisotopic (exact) mass is 268 g/mol. The van der Waals surface area contributed by atoms with Crippen molar-refractivity contribution in [3.8, 4) is 0 Å². The minimum absolute atomic E-state index is 0.0945. The van der Waals surface area contributed by atoms with E-state index in [9.17, 15) is 9.18 Å². The van der Waals surface area contributed by atoms with Crippen LogP contribution in [0.3, 0.4) is 0 Å². The molecule has 0 bridgehead atoms. The van der Waals surface area contributed by atoms with E-state index in [1.807, 2.05) is 6.92 Å². The molecule has 0 spiro atoms. The van der Waals surface area contributed by atoms with E-state index in [0.717, 1.165) is 17.9 Å². The molecule has 0 saturated carbocycles. The van der Waals surface area contributed by atoms with E-state index >= 15 is 0 Å². The van der Waals surface area contributed by atoms with Crippen LogP contribution >= 0.6 is 11.8 Å². The molecule has 2 atom stereocenters. The Morgan fingerprint density at radius 2 is 2.22 bits per heavy atom. The molecule has 1 aliphatic heterocycles. The summed E-state index contributed by atoms with van der Waals surface area (Å²) in [5.41, 5.74) is 1.05. The summed E-state index contributed by atoms with van der Waals surface area (Å²) in [5, 5.41) is 0.341. The highest BCUT2D eigenvalue weighted by Crippen LogP contribution is 2.35. The summed E-state index contributed by atoms with van der Waals surface area (Å²) in [7, 11) is 0. The quantitative estimate of drug-likeness (QED) is 0.783. The zero-order valence-corrected chi connectivity index (χ0v) is 11.6. The molecule has 1 heterocycles. The first kappa shape index (κ1) is 13.6. The molecule has 0 amide bonds. The molecular formula is C14H17FO2S. The normalized spacial score (nSPS) is 23.3. The smallest absolute Gasteiger partial charge is 0.161 e. The van der Waals surface area contributed by atoms with Gasteiger partial charge < -0.3 is 4.74 Å². The van der Waals surface area contributed by atoms with Gasteiger partial charge in [-0.05, 0) is 44.9 Å². The number of aryl methyl sites for hydroxylation is 1. The Bertz CT molecular complexity index is 473. The predicted molar refractivity (Wildman–Crippen MR) is 70.8 cm³/mol. The molecule has 18 heavy (non-hydrogen) atoms. The van der Waals surface area contributed by atoms with Crippen molar-refractivity contribution in [2.45, 2.75) is 43.4 Å². The van der Waals surface area contributed by atoms with Gasteiger partial charge in [-0.15, -0.1) is 11.8 Å². The summed E-state index contributed by atoms with van der Waals surface area (Å²) in [5.74, 6) is -0.414. The Kier molecular flexibility index (Phi) is 4.07. The zero-order chi connectivity index (χ0) is 13.3. The van der Waals surface area contributed by atoms with Crippen LogP contribution < -0.4 is 0 Å². The lowest BCUT2D eigenvalue weighted by Crippen LogP contribution is -2.14. The summed E-state index contributed by atoms with van der Waals surface area (Å²) >= 11 is 1.62.